The van der Waals surface area contributed by atoms with E-state index in [0.717, 1.165) is 29.2 Å². The van der Waals surface area contributed by atoms with Gasteiger partial charge in [-0.15, -0.1) is 17.0 Å². The first kappa shape index (κ1) is 19.7. The average Bonchev–Trinajstić information content (AvgIpc) is 2.71. The van der Waals surface area contributed by atoms with Crippen LogP contribution in [0.2, 0.25) is 0 Å². The number of aryl methyl sites for hydroxylation is 1. The SMILES string of the molecule is Br.COc1ccc(CSCCc2cccc3ncc4ccccc4c23)cc1. The van der Waals surface area contributed by atoms with Crippen LogP contribution in [0.4, 0.5) is 0 Å². The number of hydrogen-bond acceptors (Lipinski definition) is 3. The van der Waals surface area contributed by atoms with E-state index in [0.29, 0.717) is 0 Å². The van der Waals surface area contributed by atoms with Gasteiger partial charge in [0.25, 0.3) is 0 Å². The number of benzene rings is 3. The Labute approximate surface area is 174 Å². The van der Waals surface area contributed by atoms with Crippen molar-refractivity contribution < 1.29 is 4.74 Å². The fourth-order valence-electron chi connectivity index (χ4n) is 3.28. The van der Waals surface area contributed by atoms with Crippen molar-refractivity contribution in [3.63, 3.8) is 0 Å². The van der Waals surface area contributed by atoms with E-state index in [9.17, 15) is 0 Å². The molecule has 0 aliphatic rings. The molecule has 0 N–H and O–H groups in total. The van der Waals surface area contributed by atoms with Crippen LogP contribution in [-0.2, 0) is 12.2 Å². The lowest BCUT2D eigenvalue weighted by Crippen LogP contribution is -1.93. The summed E-state index contributed by atoms with van der Waals surface area (Å²) in [6, 6.07) is 23.3. The molecule has 0 saturated carbocycles. The quantitative estimate of drug-likeness (QED) is 0.254. The first-order valence-electron chi connectivity index (χ1n) is 8.81. The highest BCUT2D eigenvalue weighted by Gasteiger charge is 2.06. The molecule has 0 bridgehead atoms. The Balaban J connectivity index is 0.00000210. The third-order valence-corrected chi connectivity index (χ3v) is 5.68. The van der Waals surface area contributed by atoms with E-state index in [1.54, 1.807) is 7.11 Å². The molecular weight excluding hydrogens is 418 g/mol. The molecule has 0 radical (unpaired) electrons. The van der Waals surface area contributed by atoms with Crippen LogP contribution in [-0.4, -0.2) is 17.8 Å². The summed E-state index contributed by atoms with van der Waals surface area (Å²) in [5.41, 5.74) is 3.80. The summed E-state index contributed by atoms with van der Waals surface area (Å²) in [7, 11) is 1.70. The van der Waals surface area contributed by atoms with Crippen molar-refractivity contribution in [2.45, 2.75) is 12.2 Å². The van der Waals surface area contributed by atoms with Gasteiger partial charge < -0.3 is 4.74 Å². The van der Waals surface area contributed by atoms with Gasteiger partial charge >= 0.3 is 0 Å². The van der Waals surface area contributed by atoms with E-state index in [1.807, 2.05) is 30.1 Å². The van der Waals surface area contributed by atoms with Crippen molar-refractivity contribution in [3.8, 4) is 5.75 Å². The second-order valence-corrected chi connectivity index (χ2v) is 7.41. The van der Waals surface area contributed by atoms with Crippen LogP contribution in [0, 0.1) is 0 Å². The molecule has 4 aromatic rings. The van der Waals surface area contributed by atoms with E-state index in [2.05, 4.69) is 59.6 Å². The first-order chi connectivity index (χ1) is 12.8. The van der Waals surface area contributed by atoms with Gasteiger partial charge in [0, 0.05) is 22.7 Å². The maximum atomic E-state index is 5.22. The van der Waals surface area contributed by atoms with Crippen molar-refractivity contribution in [2.75, 3.05) is 12.9 Å². The van der Waals surface area contributed by atoms with Crippen molar-refractivity contribution >= 4 is 50.4 Å². The molecule has 0 spiro atoms. The molecule has 0 aliphatic carbocycles. The van der Waals surface area contributed by atoms with Gasteiger partial charge in [-0.1, -0.05) is 48.5 Å². The molecule has 138 valence electrons. The van der Waals surface area contributed by atoms with E-state index in [-0.39, 0.29) is 17.0 Å². The van der Waals surface area contributed by atoms with E-state index >= 15 is 0 Å². The van der Waals surface area contributed by atoms with Crippen LogP contribution in [0.25, 0.3) is 21.7 Å². The highest BCUT2D eigenvalue weighted by molar-refractivity contribution is 8.93. The molecule has 2 nitrogen and oxygen atoms in total. The molecule has 4 rings (SSSR count). The maximum Gasteiger partial charge on any atom is 0.118 e. The van der Waals surface area contributed by atoms with E-state index in [4.69, 9.17) is 4.74 Å². The molecule has 0 amide bonds. The number of ether oxygens (including phenoxy) is 1. The average molecular weight is 440 g/mol. The van der Waals surface area contributed by atoms with Crippen molar-refractivity contribution in [2.24, 2.45) is 0 Å². The summed E-state index contributed by atoms with van der Waals surface area (Å²) >= 11 is 1.97. The minimum Gasteiger partial charge on any atom is -0.497 e. The predicted molar refractivity (Wildman–Crippen MR) is 122 cm³/mol. The number of pyridine rings is 1. The Morgan fingerprint density at radius 1 is 0.926 bits per heavy atom. The van der Waals surface area contributed by atoms with Crippen molar-refractivity contribution in [1.82, 2.24) is 4.98 Å². The summed E-state index contributed by atoms with van der Waals surface area (Å²) < 4.78 is 5.22. The molecule has 0 fully saturated rings. The molecule has 4 heteroatoms. The molecule has 1 heterocycles. The molecule has 27 heavy (non-hydrogen) atoms. The Morgan fingerprint density at radius 2 is 1.74 bits per heavy atom. The van der Waals surface area contributed by atoms with Crippen molar-refractivity contribution in [3.05, 3.63) is 84.1 Å². The fourth-order valence-corrected chi connectivity index (χ4v) is 4.22. The number of halogens is 1. The minimum absolute atomic E-state index is 0. The smallest absolute Gasteiger partial charge is 0.118 e. The molecule has 1 aromatic heterocycles. The van der Waals surface area contributed by atoms with Gasteiger partial charge in [0.05, 0.1) is 12.6 Å². The van der Waals surface area contributed by atoms with Gasteiger partial charge in [0.15, 0.2) is 0 Å². The fraction of sp³-hybridized carbons (Fsp3) is 0.174. The zero-order valence-electron chi connectivity index (χ0n) is 15.2. The summed E-state index contributed by atoms with van der Waals surface area (Å²) in [6.45, 7) is 0. The minimum atomic E-state index is 0. The molecular formula is C23H22BrNOS. The zero-order valence-corrected chi connectivity index (χ0v) is 17.8. The Bertz CT molecular complexity index is 1030. The van der Waals surface area contributed by atoms with Gasteiger partial charge in [0.2, 0.25) is 0 Å². The number of fused-ring (bicyclic) bond motifs is 3. The maximum absolute atomic E-state index is 5.22. The van der Waals surface area contributed by atoms with Gasteiger partial charge in [-0.05, 0) is 46.9 Å². The summed E-state index contributed by atoms with van der Waals surface area (Å²) in [4.78, 5) is 4.64. The van der Waals surface area contributed by atoms with Crippen LogP contribution in [0.5, 0.6) is 5.75 Å². The normalized spacial score (nSPS) is 10.7. The van der Waals surface area contributed by atoms with Crippen LogP contribution >= 0.6 is 28.7 Å². The lowest BCUT2D eigenvalue weighted by molar-refractivity contribution is 0.414. The predicted octanol–water partition coefficient (Wildman–Crippen LogP) is 6.45. The standard InChI is InChI=1S/C23H21NOS.BrH/c1-25-20-11-9-17(10-12-20)16-26-14-13-18-6-4-8-22-23(18)21-7-3-2-5-19(21)15-24-22;/h2-12,15H,13-14,16H2,1H3;1H. The third kappa shape index (κ3) is 4.45. The lowest BCUT2D eigenvalue weighted by atomic mass is 10.0. The number of nitrogens with zero attached hydrogens (tertiary/aromatic N) is 1. The number of thioether (sulfide) groups is 1. The molecule has 0 aliphatic heterocycles. The second-order valence-electron chi connectivity index (χ2n) is 6.31. The van der Waals surface area contributed by atoms with E-state index < -0.39 is 0 Å². The van der Waals surface area contributed by atoms with Gasteiger partial charge in [0.1, 0.15) is 5.75 Å². The molecule has 0 atom stereocenters. The number of rotatable bonds is 6. The molecule has 0 saturated heterocycles. The third-order valence-electron chi connectivity index (χ3n) is 4.65. The summed E-state index contributed by atoms with van der Waals surface area (Å²) in [5.74, 6) is 3.02. The zero-order chi connectivity index (χ0) is 17.8. The lowest BCUT2D eigenvalue weighted by Gasteiger charge is -2.09. The van der Waals surface area contributed by atoms with Gasteiger partial charge in [-0.3, -0.25) is 4.98 Å². The Hall–Kier alpha value is -2.04. The number of hydrogen-bond donors (Lipinski definition) is 0. The van der Waals surface area contributed by atoms with Crippen LogP contribution in [0.15, 0.2) is 72.9 Å². The first-order valence-corrected chi connectivity index (χ1v) is 9.96. The van der Waals surface area contributed by atoms with Gasteiger partial charge in [-0.25, -0.2) is 0 Å². The highest BCUT2D eigenvalue weighted by Crippen LogP contribution is 2.28. The molecule has 0 unspecified atom stereocenters. The van der Waals surface area contributed by atoms with Crippen LogP contribution in [0.1, 0.15) is 11.1 Å². The van der Waals surface area contributed by atoms with Gasteiger partial charge in [-0.2, -0.15) is 11.8 Å². The summed E-state index contributed by atoms with van der Waals surface area (Å²) in [6.07, 6.45) is 3.02. The van der Waals surface area contributed by atoms with Crippen molar-refractivity contribution in [1.29, 1.82) is 0 Å². The van der Waals surface area contributed by atoms with Crippen LogP contribution in [0.3, 0.4) is 0 Å². The monoisotopic (exact) mass is 439 g/mol. The number of aromatic nitrogens is 1. The Kier molecular flexibility index (Phi) is 6.75. The van der Waals surface area contributed by atoms with E-state index in [1.165, 1.54) is 27.3 Å². The van der Waals surface area contributed by atoms with Crippen LogP contribution < -0.4 is 4.74 Å². The summed E-state index contributed by atoms with van der Waals surface area (Å²) in [5, 5.41) is 3.81. The second kappa shape index (κ2) is 9.25. The topological polar surface area (TPSA) is 22.1 Å². The highest BCUT2D eigenvalue weighted by atomic mass is 79.9. The Morgan fingerprint density at radius 3 is 2.56 bits per heavy atom. The number of methoxy groups -OCH3 is 1. The molecule has 3 aromatic carbocycles. The largest absolute Gasteiger partial charge is 0.497 e.